The molecule has 1 N–H and O–H groups in total. The van der Waals surface area contributed by atoms with Gasteiger partial charge in [0.15, 0.2) is 0 Å². The SMILES string of the molecule is CCc1cccc(CC)c1-c1cccc(O)c1. The van der Waals surface area contributed by atoms with Crippen molar-refractivity contribution >= 4 is 0 Å². The van der Waals surface area contributed by atoms with Crippen LogP contribution < -0.4 is 0 Å². The minimum Gasteiger partial charge on any atom is -0.508 e. The van der Waals surface area contributed by atoms with Crippen LogP contribution in [-0.2, 0) is 12.8 Å². The zero-order valence-corrected chi connectivity index (χ0v) is 10.4. The lowest BCUT2D eigenvalue weighted by atomic mass is 9.92. The second-order valence-corrected chi connectivity index (χ2v) is 4.21. The van der Waals surface area contributed by atoms with E-state index >= 15 is 0 Å². The number of rotatable bonds is 3. The van der Waals surface area contributed by atoms with Crippen molar-refractivity contribution in [3.05, 3.63) is 53.6 Å². The Hall–Kier alpha value is -1.76. The van der Waals surface area contributed by atoms with E-state index in [1.807, 2.05) is 12.1 Å². The first-order chi connectivity index (χ1) is 8.26. The number of hydrogen-bond donors (Lipinski definition) is 1. The zero-order chi connectivity index (χ0) is 12.3. The Bertz CT molecular complexity index is 492. The molecule has 0 unspecified atom stereocenters. The molecule has 1 nitrogen and oxygen atoms in total. The van der Waals surface area contributed by atoms with Crippen LogP contribution in [-0.4, -0.2) is 5.11 Å². The molecule has 0 fully saturated rings. The van der Waals surface area contributed by atoms with E-state index in [4.69, 9.17) is 0 Å². The summed E-state index contributed by atoms with van der Waals surface area (Å²) in [5.74, 6) is 0.329. The smallest absolute Gasteiger partial charge is 0.116 e. The molecule has 0 amide bonds. The molecule has 1 heteroatoms. The standard InChI is InChI=1S/C16H18O/c1-3-12-7-5-8-13(4-2)16(12)14-9-6-10-15(17)11-14/h5-11,17H,3-4H2,1-2H3. The first-order valence-electron chi connectivity index (χ1n) is 6.16. The molecule has 0 aliphatic carbocycles. The number of phenols is 1. The Morgan fingerprint density at radius 1 is 0.882 bits per heavy atom. The normalized spacial score (nSPS) is 10.5. The Balaban J connectivity index is 2.64. The predicted octanol–water partition coefficient (Wildman–Crippen LogP) is 4.18. The van der Waals surface area contributed by atoms with E-state index in [0.717, 1.165) is 18.4 Å². The van der Waals surface area contributed by atoms with Gasteiger partial charge in [-0.25, -0.2) is 0 Å². The molecule has 0 atom stereocenters. The van der Waals surface area contributed by atoms with Crippen LogP contribution in [0.15, 0.2) is 42.5 Å². The summed E-state index contributed by atoms with van der Waals surface area (Å²) in [7, 11) is 0. The van der Waals surface area contributed by atoms with Gasteiger partial charge in [0, 0.05) is 0 Å². The molecular weight excluding hydrogens is 208 g/mol. The third-order valence-electron chi connectivity index (χ3n) is 3.13. The third-order valence-corrected chi connectivity index (χ3v) is 3.13. The average Bonchev–Trinajstić information content (AvgIpc) is 2.37. The molecule has 0 heterocycles. The molecule has 17 heavy (non-hydrogen) atoms. The van der Waals surface area contributed by atoms with E-state index in [-0.39, 0.29) is 0 Å². The van der Waals surface area contributed by atoms with E-state index < -0.39 is 0 Å². The number of aryl methyl sites for hydroxylation is 2. The van der Waals surface area contributed by atoms with Gasteiger partial charge in [-0.3, -0.25) is 0 Å². The Morgan fingerprint density at radius 3 is 2.00 bits per heavy atom. The maximum atomic E-state index is 9.60. The number of phenolic OH excluding ortho intramolecular Hbond substituents is 1. The quantitative estimate of drug-likeness (QED) is 0.832. The summed E-state index contributed by atoms with van der Waals surface area (Å²) in [4.78, 5) is 0. The minimum atomic E-state index is 0.329. The van der Waals surface area contributed by atoms with E-state index in [0.29, 0.717) is 5.75 Å². The van der Waals surface area contributed by atoms with Crippen molar-refractivity contribution in [2.24, 2.45) is 0 Å². The summed E-state index contributed by atoms with van der Waals surface area (Å²) in [6.45, 7) is 4.34. The van der Waals surface area contributed by atoms with Crippen molar-refractivity contribution in [1.29, 1.82) is 0 Å². The molecule has 2 aromatic carbocycles. The van der Waals surface area contributed by atoms with Crippen molar-refractivity contribution in [2.45, 2.75) is 26.7 Å². The van der Waals surface area contributed by atoms with Crippen LogP contribution >= 0.6 is 0 Å². The molecule has 0 radical (unpaired) electrons. The van der Waals surface area contributed by atoms with Crippen LogP contribution in [0.1, 0.15) is 25.0 Å². The van der Waals surface area contributed by atoms with E-state index in [9.17, 15) is 5.11 Å². The van der Waals surface area contributed by atoms with Crippen LogP contribution in [0.2, 0.25) is 0 Å². The Kier molecular flexibility index (Phi) is 3.48. The van der Waals surface area contributed by atoms with Gasteiger partial charge in [0.1, 0.15) is 5.75 Å². The predicted molar refractivity (Wildman–Crippen MR) is 72.3 cm³/mol. The second-order valence-electron chi connectivity index (χ2n) is 4.21. The Labute approximate surface area is 103 Å². The summed E-state index contributed by atoms with van der Waals surface area (Å²) in [5.41, 5.74) is 5.08. The summed E-state index contributed by atoms with van der Waals surface area (Å²) < 4.78 is 0. The van der Waals surface area contributed by atoms with E-state index in [1.165, 1.54) is 16.7 Å². The van der Waals surface area contributed by atoms with E-state index in [2.05, 4.69) is 38.1 Å². The van der Waals surface area contributed by atoms with Crippen molar-refractivity contribution in [2.75, 3.05) is 0 Å². The van der Waals surface area contributed by atoms with Crippen molar-refractivity contribution in [3.63, 3.8) is 0 Å². The highest BCUT2D eigenvalue weighted by molar-refractivity contribution is 5.72. The lowest BCUT2D eigenvalue weighted by Gasteiger charge is -2.13. The first-order valence-corrected chi connectivity index (χ1v) is 6.16. The van der Waals surface area contributed by atoms with Crippen molar-refractivity contribution in [1.82, 2.24) is 0 Å². The third kappa shape index (κ3) is 2.33. The fraction of sp³-hybridized carbons (Fsp3) is 0.250. The fourth-order valence-corrected chi connectivity index (χ4v) is 2.27. The highest BCUT2D eigenvalue weighted by atomic mass is 16.3. The van der Waals surface area contributed by atoms with Crippen LogP contribution in [0.5, 0.6) is 5.75 Å². The molecule has 0 aliphatic heterocycles. The van der Waals surface area contributed by atoms with Gasteiger partial charge in [0.2, 0.25) is 0 Å². The van der Waals surface area contributed by atoms with Crippen LogP contribution in [0.4, 0.5) is 0 Å². The van der Waals surface area contributed by atoms with Gasteiger partial charge >= 0.3 is 0 Å². The lowest BCUT2D eigenvalue weighted by Crippen LogP contribution is -1.93. The maximum Gasteiger partial charge on any atom is 0.116 e. The molecular formula is C16H18O. The number of aromatic hydroxyl groups is 1. The Morgan fingerprint density at radius 2 is 1.47 bits per heavy atom. The molecule has 0 spiro atoms. The second kappa shape index (κ2) is 5.05. The monoisotopic (exact) mass is 226 g/mol. The van der Waals surface area contributed by atoms with Gasteiger partial charge in [-0.05, 0) is 47.2 Å². The van der Waals surface area contributed by atoms with Crippen LogP contribution in [0.3, 0.4) is 0 Å². The van der Waals surface area contributed by atoms with Gasteiger partial charge < -0.3 is 5.11 Å². The summed E-state index contributed by atoms with van der Waals surface area (Å²) in [6.07, 6.45) is 2.03. The topological polar surface area (TPSA) is 20.2 Å². The summed E-state index contributed by atoms with van der Waals surface area (Å²) in [6, 6.07) is 14.0. The zero-order valence-electron chi connectivity index (χ0n) is 10.4. The van der Waals surface area contributed by atoms with Gasteiger partial charge in [0.05, 0.1) is 0 Å². The molecule has 2 rings (SSSR count). The first kappa shape index (κ1) is 11.7. The minimum absolute atomic E-state index is 0.329. The fourth-order valence-electron chi connectivity index (χ4n) is 2.27. The van der Waals surface area contributed by atoms with E-state index in [1.54, 1.807) is 6.07 Å². The van der Waals surface area contributed by atoms with Gasteiger partial charge in [-0.1, -0.05) is 44.2 Å². The molecule has 0 aliphatic rings. The van der Waals surface area contributed by atoms with Crippen LogP contribution in [0, 0.1) is 0 Å². The largest absolute Gasteiger partial charge is 0.508 e. The van der Waals surface area contributed by atoms with Crippen molar-refractivity contribution < 1.29 is 5.11 Å². The molecule has 0 saturated heterocycles. The average molecular weight is 226 g/mol. The highest BCUT2D eigenvalue weighted by Gasteiger charge is 2.08. The number of benzene rings is 2. The highest BCUT2D eigenvalue weighted by Crippen LogP contribution is 2.30. The maximum absolute atomic E-state index is 9.60. The van der Waals surface area contributed by atoms with Crippen LogP contribution in [0.25, 0.3) is 11.1 Å². The molecule has 0 bridgehead atoms. The molecule has 0 aromatic heterocycles. The van der Waals surface area contributed by atoms with Gasteiger partial charge in [0.25, 0.3) is 0 Å². The van der Waals surface area contributed by atoms with Gasteiger partial charge in [-0.15, -0.1) is 0 Å². The van der Waals surface area contributed by atoms with Crippen molar-refractivity contribution in [3.8, 4) is 16.9 Å². The number of hydrogen-bond acceptors (Lipinski definition) is 1. The lowest BCUT2D eigenvalue weighted by molar-refractivity contribution is 0.475. The summed E-state index contributed by atoms with van der Waals surface area (Å²) in [5, 5.41) is 9.60. The van der Waals surface area contributed by atoms with Gasteiger partial charge in [-0.2, -0.15) is 0 Å². The molecule has 2 aromatic rings. The summed E-state index contributed by atoms with van der Waals surface area (Å²) >= 11 is 0. The molecule has 88 valence electrons. The molecule has 0 saturated carbocycles.